The van der Waals surface area contributed by atoms with Crippen molar-refractivity contribution in [2.24, 2.45) is 5.73 Å². The summed E-state index contributed by atoms with van der Waals surface area (Å²) in [5.74, 6) is -0.310. The monoisotopic (exact) mass is 292 g/mol. The summed E-state index contributed by atoms with van der Waals surface area (Å²) in [5, 5.41) is 2.61. The molecule has 6 nitrogen and oxygen atoms in total. The van der Waals surface area contributed by atoms with Crippen LogP contribution in [0.1, 0.15) is 33.6 Å². The minimum absolute atomic E-state index is 0.0602. The van der Waals surface area contributed by atoms with Crippen LogP contribution in [0.3, 0.4) is 0 Å². The zero-order chi connectivity index (χ0) is 14.7. The van der Waals surface area contributed by atoms with Gasteiger partial charge in [-0.15, -0.1) is 0 Å². The van der Waals surface area contributed by atoms with E-state index in [2.05, 4.69) is 5.32 Å². The fourth-order valence-corrected chi connectivity index (χ4v) is 2.78. The Morgan fingerprint density at radius 3 is 2.47 bits per heavy atom. The van der Waals surface area contributed by atoms with Crippen LogP contribution in [0.4, 0.5) is 0 Å². The Bertz CT molecular complexity index is 414. The number of hydrogen-bond acceptors (Lipinski definition) is 5. The number of nitrogens with one attached hydrogen (secondary N) is 1. The Labute approximate surface area is 115 Å². The molecular formula is C12H24N2O4S. The SMILES string of the molecule is CC(C)(C)S(=O)(=O)CCNC(=O)[C@@H]1CC[C@H](CN)O1. The van der Waals surface area contributed by atoms with E-state index >= 15 is 0 Å². The van der Waals surface area contributed by atoms with Gasteiger partial charge in [0.25, 0.3) is 0 Å². The molecule has 1 aliphatic heterocycles. The van der Waals surface area contributed by atoms with Crippen LogP contribution in [-0.2, 0) is 19.4 Å². The van der Waals surface area contributed by atoms with Gasteiger partial charge in [0.05, 0.1) is 16.6 Å². The van der Waals surface area contributed by atoms with E-state index in [1.807, 2.05) is 0 Å². The van der Waals surface area contributed by atoms with E-state index in [0.29, 0.717) is 13.0 Å². The quantitative estimate of drug-likeness (QED) is 0.732. The molecule has 0 aromatic heterocycles. The molecule has 1 rings (SSSR count). The van der Waals surface area contributed by atoms with Gasteiger partial charge in [-0.2, -0.15) is 0 Å². The summed E-state index contributed by atoms with van der Waals surface area (Å²) in [6.45, 7) is 5.47. The van der Waals surface area contributed by atoms with E-state index < -0.39 is 20.7 Å². The van der Waals surface area contributed by atoms with Gasteiger partial charge >= 0.3 is 0 Å². The predicted octanol–water partition coefficient (Wildman–Crippen LogP) is -0.178. The van der Waals surface area contributed by atoms with E-state index in [4.69, 9.17) is 10.5 Å². The van der Waals surface area contributed by atoms with Gasteiger partial charge in [-0.05, 0) is 33.6 Å². The molecule has 3 N–H and O–H groups in total. The van der Waals surface area contributed by atoms with Crippen molar-refractivity contribution in [1.82, 2.24) is 5.32 Å². The van der Waals surface area contributed by atoms with Gasteiger partial charge in [-0.1, -0.05) is 0 Å². The normalized spacial score (nSPS) is 24.4. The van der Waals surface area contributed by atoms with Crippen molar-refractivity contribution in [2.75, 3.05) is 18.8 Å². The highest BCUT2D eigenvalue weighted by molar-refractivity contribution is 7.92. The fraction of sp³-hybridized carbons (Fsp3) is 0.917. The molecule has 0 radical (unpaired) electrons. The summed E-state index contributed by atoms with van der Waals surface area (Å²) < 4.78 is 28.3. The average molecular weight is 292 g/mol. The van der Waals surface area contributed by atoms with Gasteiger partial charge in [-0.3, -0.25) is 4.79 Å². The van der Waals surface area contributed by atoms with Crippen molar-refractivity contribution in [2.45, 2.75) is 50.6 Å². The minimum Gasteiger partial charge on any atom is -0.364 e. The van der Waals surface area contributed by atoms with E-state index in [9.17, 15) is 13.2 Å². The third kappa shape index (κ3) is 4.43. The van der Waals surface area contributed by atoms with Crippen LogP contribution in [0.25, 0.3) is 0 Å². The molecule has 112 valence electrons. The zero-order valence-electron chi connectivity index (χ0n) is 11.8. The predicted molar refractivity (Wildman–Crippen MR) is 73.5 cm³/mol. The minimum atomic E-state index is -3.21. The molecule has 1 amide bonds. The van der Waals surface area contributed by atoms with Gasteiger partial charge in [0.1, 0.15) is 6.10 Å². The van der Waals surface area contributed by atoms with Gasteiger partial charge in [0.15, 0.2) is 9.84 Å². The van der Waals surface area contributed by atoms with Gasteiger partial charge in [0.2, 0.25) is 5.91 Å². The van der Waals surface area contributed by atoms with Crippen LogP contribution in [0.5, 0.6) is 0 Å². The van der Waals surface area contributed by atoms with Crippen molar-refractivity contribution >= 4 is 15.7 Å². The summed E-state index contributed by atoms with van der Waals surface area (Å²) in [7, 11) is -3.21. The lowest BCUT2D eigenvalue weighted by atomic mass is 10.2. The van der Waals surface area contributed by atoms with Crippen LogP contribution in [-0.4, -0.2) is 50.1 Å². The molecule has 7 heteroatoms. The highest BCUT2D eigenvalue weighted by atomic mass is 32.2. The van der Waals surface area contributed by atoms with Gasteiger partial charge in [-0.25, -0.2) is 8.42 Å². The molecule has 19 heavy (non-hydrogen) atoms. The number of ether oxygens (including phenoxy) is 1. The first-order chi connectivity index (χ1) is 8.67. The highest BCUT2D eigenvalue weighted by Gasteiger charge is 2.31. The molecular weight excluding hydrogens is 268 g/mol. The molecule has 0 bridgehead atoms. The van der Waals surface area contributed by atoms with Crippen molar-refractivity contribution in [3.8, 4) is 0 Å². The third-order valence-corrected chi connectivity index (χ3v) is 5.87. The Hall–Kier alpha value is -0.660. The van der Waals surface area contributed by atoms with Crippen LogP contribution in [0.2, 0.25) is 0 Å². The molecule has 1 saturated heterocycles. The lowest BCUT2D eigenvalue weighted by Gasteiger charge is -2.19. The fourth-order valence-electron chi connectivity index (χ4n) is 1.80. The van der Waals surface area contributed by atoms with Crippen molar-refractivity contribution in [3.05, 3.63) is 0 Å². The van der Waals surface area contributed by atoms with Gasteiger partial charge in [0, 0.05) is 13.1 Å². The molecule has 0 aliphatic carbocycles. The van der Waals surface area contributed by atoms with Crippen LogP contribution in [0.15, 0.2) is 0 Å². The standard InChI is InChI=1S/C12H24N2O4S/c1-12(2,3)19(16,17)7-6-14-11(15)10-5-4-9(8-13)18-10/h9-10H,4-8,13H2,1-3H3,(H,14,15)/t9-,10+/m1/s1. The summed E-state index contributed by atoms with van der Waals surface area (Å²) in [5.41, 5.74) is 5.47. The number of carbonyl (C=O) groups is 1. The van der Waals surface area contributed by atoms with E-state index in [1.54, 1.807) is 20.8 Å². The Morgan fingerprint density at radius 1 is 1.37 bits per heavy atom. The summed E-state index contributed by atoms with van der Waals surface area (Å²) in [6, 6.07) is 0. The number of nitrogens with two attached hydrogens (primary N) is 1. The number of carbonyl (C=O) groups excluding carboxylic acids is 1. The van der Waals surface area contributed by atoms with Crippen LogP contribution in [0, 0.1) is 0 Å². The second-order valence-electron chi connectivity index (χ2n) is 5.78. The molecule has 0 aromatic carbocycles. The highest BCUT2D eigenvalue weighted by Crippen LogP contribution is 2.19. The lowest BCUT2D eigenvalue weighted by Crippen LogP contribution is -2.40. The number of sulfone groups is 1. The second kappa shape index (κ2) is 6.19. The van der Waals surface area contributed by atoms with Crippen molar-refractivity contribution in [1.29, 1.82) is 0 Å². The van der Waals surface area contributed by atoms with E-state index in [0.717, 1.165) is 6.42 Å². The van der Waals surface area contributed by atoms with Gasteiger partial charge < -0.3 is 15.8 Å². The number of amides is 1. The maximum absolute atomic E-state index is 11.9. The maximum atomic E-state index is 11.9. The largest absolute Gasteiger partial charge is 0.364 e. The molecule has 0 aromatic rings. The second-order valence-corrected chi connectivity index (χ2v) is 8.64. The molecule has 1 heterocycles. The first-order valence-electron chi connectivity index (χ1n) is 6.53. The van der Waals surface area contributed by atoms with Crippen LogP contribution >= 0.6 is 0 Å². The smallest absolute Gasteiger partial charge is 0.249 e. The number of rotatable bonds is 5. The van der Waals surface area contributed by atoms with Crippen LogP contribution < -0.4 is 11.1 Å². The lowest BCUT2D eigenvalue weighted by molar-refractivity contribution is -0.131. The Morgan fingerprint density at radius 2 is 2.00 bits per heavy atom. The summed E-state index contributed by atoms with van der Waals surface area (Å²) in [6.07, 6.45) is 0.856. The zero-order valence-corrected chi connectivity index (χ0v) is 12.6. The Balaban J connectivity index is 2.36. The van der Waals surface area contributed by atoms with E-state index in [1.165, 1.54) is 0 Å². The molecule has 2 atom stereocenters. The number of hydrogen-bond donors (Lipinski definition) is 2. The molecule has 1 fully saturated rings. The van der Waals surface area contributed by atoms with Crippen molar-refractivity contribution in [3.63, 3.8) is 0 Å². The van der Waals surface area contributed by atoms with E-state index in [-0.39, 0.29) is 24.3 Å². The molecule has 0 saturated carbocycles. The third-order valence-electron chi connectivity index (χ3n) is 3.27. The Kier molecular flexibility index (Phi) is 5.34. The van der Waals surface area contributed by atoms with Crippen molar-refractivity contribution < 1.29 is 17.9 Å². The summed E-state index contributed by atoms with van der Waals surface area (Å²) in [4.78, 5) is 11.8. The topological polar surface area (TPSA) is 98.5 Å². The molecule has 0 spiro atoms. The summed E-state index contributed by atoms with van der Waals surface area (Å²) >= 11 is 0. The first-order valence-corrected chi connectivity index (χ1v) is 8.18. The maximum Gasteiger partial charge on any atom is 0.249 e. The average Bonchev–Trinajstić information content (AvgIpc) is 2.75. The first kappa shape index (κ1) is 16.4. The molecule has 0 unspecified atom stereocenters. The molecule has 1 aliphatic rings.